The predicted octanol–water partition coefficient (Wildman–Crippen LogP) is 11.4. The molecule has 0 aliphatic rings. The van der Waals surface area contributed by atoms with Crippen molar-refractivity contribution in [2.75, 3.05) is 40.6 Å². The standard InChI is InChI=1S/C40H56O6/c1-7-11-15-19-43-37-25-31-29-23-35(41-5)36(42-6)24-30(29)32-26-38(44-20-16-12-8-2)40(46-22-18-14-10-4)28-34(32)33(31)27-39(37)45-21-17-13-9-3/h23-28H,7-22H2,1-6H3. The van der Waals surface area contributed by atoms with Crippen LogP contribution >= 0.6 is 0 Å². The van der Waals surface area contributed by atoms with Gasteiger partial charge in [-0.15, -0.1) is 0 Å². The summed E-state index contributed by atoms with van der Waals surface area (Å²) in [6.07, 6.45) is 13.1. The number of ether oxygens (including phenoxy) is 6. The summed E-state index contributed by atoms with van der Waals surface area (Å²) in [5, 5.41) is 6.43. The Bertz CT molecular complexity index is 1410. The van der Waals surface area contributed by atoms with E-state index in [-0.39, 0.29) is 0 Å². The fourth-order valence-electron chi connectivity index (χ4n) is 5.92. The molecule has 46 heavy (non-hydrogen) atoms. The maximum absolute atomic E-state index is 6.44. The molecule has 0 radical (unpaired) electrons. The van der Waals surface area contributed by atoms with Crippen LogP contribution in [0.15, 0.2) is 36.4 Å². The van der Waals surface area contributed by atoms with Crippen LogP contribution in [0.2, 0.25) is 0 Å². The number of benzene rings is 4. The third-order valence-corrected chi connectivity index (χ3v) is 8.58. The van der Waals surface area contributed by atoms with E-state index in [1.54, 1.807) is 14.2 Å². The van der Waals surface area contributed by atoms with Gasteiger partial charge in [-0.3, -0.25) is 0 Å². The Kier molecular flexibility index (Phi) is 14.3. The average molecular weight is 633 g/mol. The highest BCUT2D eigenvalue weighted by atomic mass is 16.5. The van der Waals surface area contributed by atoms with Gasteiger partial charge in [-0.05, 0) is 94.4 Å². The zero-order chi connectivity index (χ0) is 32.7. The van der Waals surface area contributed by atoms with Crippen molar-refractivity contribution in [2.45, 2.75) is 105 Å². The molecule has 4 aromatic carbocycles. The Balaban J connectivity index is 1.97. The highest BCUT2D eigenvalue weighted by Gasteiger charge is 2.20. The molecule has 0 atom stereocenters. The van der Waals surface area contributed by atoms with E-state index < -0.39 is 0 Å². The lowest BCUT2D eigenvalue weighted by Crippen LogP contribution is -2.04. The predicted molar refractivity (Wildman–Crippen MR) is 192 cm³/mol. The van der Waals surface area contributed by atoms with E-state index in [9.17, 15) is 0 Å². The maximum Gasteiger partial charge on any atom is 0.161 e. The molecule has 0 heterocycles. The molecule has 4 aromatic rings. The lowest BCUT2D eigenvalue weighted by atomic mass is 9.93. The molecular weight excluding hydrogens is 576 g/mol. The molecule has 0 unspecified atom stereocenters. The minimum Gasteiger partial charge on any atom is -0.493 e. The third kappa shape index (κ3) is 8.83. The van der Waals surface area contributed by atoms with E-state index in [2.05, 4.69) is 64.1 Å². The fraction of sp³-hybridized carbons (Fsp3) is 0.550. The Morgan fingerprint density at radius 1 is 0.326 bits per heavy atom. The van der Waals surface area contributed by atoms with Gasteiger partial charge in [0.05, 0.1) is 40.6 Å². The highest BCUT2D eigenvalue weighted by molar-refractivity contribution is 6.26. The van der Waals surface area contributed by atoms with Gasteiger partial charge < -0.3 is 28.4 Å². The van der Waals surface area contributed by atoms with E-state index in [1.165, 1.54) is 0 Å². The van der Waals surface area contributed by atoms with Gasteiger partial charge in [0.25, 0.3) is 0 Å². The van der Waals surface area contributed by atoms with Gasteiger partial charge in [0.15, 0.2) is 34.5 Å². The number of methoxy groups -OCH3 is 2. The van der Waals surface area contributed by atoms with Crippen molar-refractivity contribution in [2.24, 2.45) is 0 Å². The molecule has 4 rings (SSSR count). The summed E-state index contributed by atoms with van der Waals surface area (Å²) in [4.78, 5) is 0. The van der Waals surface area contributed by atoms with Crippen molar-refractivity contribution < 1.29 is 28.4 Å². The van der Waals surface area contributed by atoms with Crippen LogP contribution in [0.1, 0.15) is 105 Å². The molecule has 0 saturated heterocycles. The van der Waals surface area contributed by atoms with Crippen LogP contribution in [0.3, 0.4) is 0 Å². The first-order valence-electron chi connectivity index (χ1n) is 17.7. The lowest BCUT2D eigenvalue weighted by Gasteiger charge is -2.20. The molecule has 0 N–H and O–H groups in total. The highest BCUT2D eigenvalue weighted by Crippen LogP contribution is 2.47. The summed E-state index contributed by atoms with van der Waals surface area (Å²) in [5.41, 5.74) is 0. The van der Waals surface area contributed by atoms with Gasteiger partial charge in [0.1, 0.15) is 0 Å². The topological polar surface area (TPSA) is 55.4 Å². The van der Waals surface area contributed by atoms with Gasteiger partial charge in [0, 0.05) is 0 Å². The number of fused-ring (bicyclic) bond motifs is 6. The van der Waals surface area contributed by atoms with Crippen LogP contribution in [-0.4, -0.2) is 40.6 Å². The lowest BCUT2D eigenvalue weighted by molar-refractivity contribution is 0.260. The second-order valence-electron chi connectivity index (χ2n) is 12.2. The van der Waals surface area contributed by atoms with E-state index in [4.69, 9.17) is 28.4 Å². The Morgan fingerprint density at radius 2 is 0.543 bits per heavy atom. The minimum atomic E-state index is 0.655. The molecule has 0 amide bonds. The summed E-state index contributed by atoms with van der Waals surface area (Å²) >= 11 is 0. The Morgan fingerprint density at radius 3 is 0.739 bits per heavy atom. The van der Waals surface area contributed by atoms with Crippen LogP contribution in [0, 0.1) is 0 Å². The number of hydrogen-bond acceptors (Lipinski definition) is 6. The molecule has 0 fully saturated rings. The van der Waals surface area contributed by atoms with Gasteiger partial charge in [-0.2, -0.15) is 0 Å². The number of rotatable bonds is 22. The Hall–Kier alpha value is -3.54. The normalized spacial score (nSPS) is 11.3. The average Bonchev–Trinajstić information content (AvgIpc) is 3.08. The SMILES string of the molecule is CCCCCOc1cc2c3cc(OC)c(OC)cc3c3cc(OCCCCC)c(OCCCCC)cc3c2cc1OCCCCC. The van der Waals surface area contributed by atoms with Gasteiger partial charge >= 0.3 is 0 Å². The van der Waals surface area contributed by atoms with Crippen molar-refractivity contribution in [1.29, 1.82) is 0 Å². The van der Waals surface area contributed by atoms with Crippen molar-refractivity contribution in [3.8, 4) is 34.5 Å². The van der Waals surface area contributed by atoms with Crippen LogP contribution in [0.5, 0.6) is 34.5 Å². The van der Waals surface area contributed by atoms with Crippen LogP contribution in [-0.2, 0) is 0 Å². The quantitative estimate of drug-likeness (QED) is 0.0635. The summed E-state index contributed by atoms with van der Waals surface area (Å²) in [7, 11) is 3.36. The fourth-order valence-corrected chi connectivity index (χ4v) is 5.92. The van der Waals surface area contributed by atoms with Crippen LogP contribution in [0.4, 0.5) is 0 Å². The number of unbranched alkanes of at least 4 members (excludes halogenated alkanes) is 8. The molecule has 0 bridgehead atoms. The Labute approximate surface area is 276 Å². The monoisotopic (exact) mass is 632 g/mol. The largest absolute Gasteiger partial charge is 0.493 e. The molecule has 0 aromatic heterocycles. The smallest absolute Gasteiger partial charge is 0.161 e. The molecule has 6 heteroatoms. The summed E-state index contributed by atoms with van der Waals surface area (Å²) in [5.74, 6) is 4.50. The van der Waals surface area contributed by atoms with Crippen molar-refractivity contribution in [3.05, 3.63) is 36.4 Å². The van der Waals surface area contributed by atoms with Crippen molar-refractivity contribution >= 4 is 32.3 Å². The zero-order valence-corrected chi connectivity index (χ0v) is 29.2. The van der Waals surface area contributed by atoms with E-state index in [0.717, 1.165) is 132 Å². The van der Waals surface area contributed by atoms with E-state index in [0.29, 0.717) is 37.9 Å². The zero-order valence-electron chi connectivity index (χ0n) is 29.2. The second kappa shape index (κ2) is 18.6. The molecule has 0 aliphatic carbocycles. The summed E-state index contributed by atoms with van der Waals surface area (Å²) in [6, 6.07) is 12.8. The summed E-state index contributed by atoms with van der Waals surface area (Å²) in [6.45, 7) is 11.5. The molecule has 0 saturated carbocycles. The third-order valence-electron chi connectivity index (χ3n) is 8.58. The first kappa shape index (κ1) is 35.3. The molecule has 0 spiro atoms. The maximum atomic E-state index is 6.44. The minimum absolute atomic E-state index is 0.655. The van der Waals surface area contributed by atoms with Crippen LogP contribution < -0.4 is 28.4 Å². The molecular formula is C40H56O6. The van der Waals surface area contributed by atoms with Gasteiger partial charge in [-0.1, -0.05) is 79.1 Å². The van der Waals surface area contributed by atoms with E-state index in [1.807, 2.05) is 0 Å². The van der Waals surface area contributed by atoms with Gasteiger partial charge in [0.2, 0.25) is 0 Å². The molecule has 6 nitrogen and oxygen atoms in total. The molecule has 0 aliphatic heterocycles. The van der Waals surface area contributed by atoms with Crippen LogP contribution in [0.25, 0.3) is 32.3 Å². The first-order chi connectivity index (χ1) is 22.6. The number of hydrogen-bond donors (Lipinski definition) is 0. The van der Waals surface area contributed by atoms with Crippen molar-refractivity contribution in [3.63, 3.8) is 0 Å². The first-order valence-corrected chi connectivity index (χ1v) is 17.7. The second-order valence-corrected chi connectivity index (χ2v) is 12.2. The van der Waals surface area contributed by atoms with Gasteiger partial charge in [-0.25, -0.2) is 0 Å². The van der Waals surface area contributed by atoms with E-state index >= 15 is 0 Å². The summed E-state index contributed by atoms with van der Waals surface area (Å²) < 4.78 is 37.3. The van der Waals surface area contributed by atoms with Crippen molar-refractivity contribution in [1.82, 2.24) is 0 Å². The molecule has 252 valence electrons.